The summed E-state index contributed by atoms with van der Waals surface area (Å²) in [6.07, 6.45) is 10.2. The van der Waals surface area contributed by atoms with Gasteiger partial charge in [0.05, 0.1) is 11.1 Å². The summed E-state index contributed by atoms with van der Waals surface area (Å²) in [7, 11) is 0. The number of amides is 2. The summed E-state index contributed by atoms with van der Waals surface area (Å²) in [5.74, 6) is -2.38. The first-order valence-electron chi connectivity index (χ1n) is 13.1. The van der Waals surface area contributed by atoms with E-state index >= 15 is 0 Å². The topological polar surface area (TPSA) is 176 Å². The van der Waals surface area contributed by atoms with Crippen LogP contribution >= 0.6 is 0 Å². The van der Waals surface area contributed by atoms with Gasteiger partial charge in [-0.05, 0) is 37.7 Å². The molecule has 1 aromatic rings. The van der Waals surface area contributed by atoms with E-state index in [1.807, 2.05) is 4.90 Å². The standard InChI is InChI=1S/C12H14N2O2.C11H14N2O4.C4H6O3.CH4/c1-8(15)13-6-9-4-5-14(10-2-3-10)12(16)11(9)7-13;14-9-3-4-13(7-1-2-7)11(17)8(9)5-12-6-10(15)16;1-3(5)7-4(2)6;/h6-7,10H,2-5H2,1H3;5,7,14H,1-4,6H2,(H,15,16);1-2H3;1H4. The van der Waals surface area contributed by atoms with E-state index in [0.717, 1.165) is 44.2 Å². The highest BCUT2D eigenvalue weighted by molar-refractivity contribution is 6.13. The molecule has 5 rings (SSSR count). The van der Waals surface area contributed by atoms with Crippen molar-refractivity contribution in [2.24, 2.45) is 4.99 Å². The zero-order valence-electron chi connectivity index (χ0n) is 22.8. The zero-order valence-corrected chi connectivity index (χ0v) is 22.8. The van der Waals surface area contributed by atoms with Crippen molar-refractivity contribution in [2.45, 2.75) is 78.8 Å². The van der Waals surface area contributed by atoms with Gasteiger partial charge >= 0.3 is 17.9 Å². The van der Waals surface area contributed by atoms with Crippen LogP contribution in [0.25, 0.3) is 0 Å². The number of carboxylic acids is 1. The predicted molar refractivity (Wildman–Crippen MR) is 148 cm³/mol. The molecule has 2 fully saturated rings. The van der Waals surface area contributed by atoms with Gasteiger partial charge < -0.3 is 24.7 Å². The third-order valence-electron chi connectivity index (χ3n) is 6.49. The highest BCUT2D eigenvalue weighted by Gasteiger charge is 2.37. The Morgan fingerprint density at radius 2 is 1.46 bits per heavy atom. The van der Waals surface area contributed by atoms with Crippen LogP contribution in [0.3, 0.4) is 0 Å². The molecule has 0 unspecified atom stereocenters. The van der Waals surface area contributed by atoms with Gasteiger partial charge in [-0.2, -0.15) is 0 Å². The van der Waals surface area contributed by atoms with Crippen LogP contribution in [0.4, 0.5) is 0 Å². The van der Waals surface area contributed by atoms with Crippen molar-refractivity contribution in [3.8, 4) is 0 Å². The van der Waals surface area contributed by atoms with Crippen LogP contribution in [0.15, 0.2) is 28.7 Å². The highest BCUT2D eigenvalue weighted by Crippen LogP contribution is 2.32. The van der Waals surface area contributed by atoms with Gasteiger partial charge in [0.2, 0.25) is 5.91 Å². The van der Waals surface area contributed by atoms with E-state index in [0.29, 0.717) is 30.6 Å². The Morgan fingerprint density at radius 1 is 0.927 bits per heavy atom. The monoisotopic (exact) mass is 574 g/mol. The van der Waals surface area contributed by atoms with Crippen LogP contribution in [-0.4, -0.2) is 98.1 Å². The largest absolute Gasteiger partial charge is 0.511 e. The van der Waals surface area contributed by atoms with E-state index in [2.05, 4.69) is 9.73 Å². The minimum atomic E-state index is -1.07. The van der Waals surface area contributed by atoms with Crippen molar-refractivity contribution in [1.82, 2.24) is 14.4 Å². The Balaban J connectivity index is 0.000000231. The van der Waals surface area contributed by atoms with Crippen molar-refractivity contribution in [1.29, 1.82) is 0 Å². The zero-order chi connectivity index (χ0) is 29.6. The number of nitrogens with zero attached hydrogens (tertiary/aromatic N) is 4. The molecule has 0 bridgehead atoms. The Hall–Kier alpha value is -4.29. The molecule has 2 aliphatic heterocycles. The number of ether oxygens (including phenoxy) is 1. The maximum absolute atomic E-state index is 12.1. The predicted octanol–water partition coefficient (Wildman–Crippen LogP) is 2.39. The number of fused-ring (bicyclic) bond motifs is 1. The summed E-state index contributed by atoms with van der Waals surface area (Å²) in [5, 5.41) is 18.1. The summed E-state index contributed by atoms with van der Waals surface area (Å²) < 4.78 is 5.49. The molecule has 0 atom stereocenters. The van der Waals surface area contributed by atoms with E-state index in [4.69, 9.17) is 5.11 Å². The lowest BCUT2D eigenvalue weighted by Crippen LogP contribution is -2.39. The number of carbonyl (C=O) groups excluding carboxylic acids is 5. The molecule has 13 nitrogen and oxygen atoms in total. The van der Waals surface area contributed by atoms with Crippen LogP contribution in [0, 0.1) is 0 Å². The summed E-state index contributed by atoms with van der Waals surface area (Å²) in [5.41, 5.74) is 1.86. The van der Waals surface area contributed by atoms with Gasteiger partial charge in [0.1, 0.15) is 12.3 Å². The van der Waals surface area contributed by atoms with Crippen molar-refractivity contribution in [2.75, 3.05) is 19.6 Å². The van der Waals surface area contributed by atoms with Gasteiger partial charge in [-0.1, -0.05) is 7.43 Å². The molecule has 3 heterocycles. The molecule has 0 radical (unpaired) electrons. The number of hydrogen-bond acceptors (Lipinski definition) is 9. The molecule has 2 aliphatic carbocycles. The number of esters is 2. The molecule has 2 saturated carbocycles. The van der Waals surface area contributed by atoms with Gasteiger partial charge in [-0.15, -0.1) is 0 Å². The van der Waals surface area contributed by atoms with Crippen LogP contribution in [0.1, 0.15) is 81.0 Å². The summed E-state index contributed by atoms with van der Waals surface area (Å²) >= 11 is 0. The van der Waals surface area contributed by atoms with E-state index in [1.165, 1.54) is 31.6 Å². The minimum Gasteiger partial charge on any atom is -0.511 e. The number of aliphatic hydroxyl groups is 1. The highest BCUT2D eigenvalue weighted by atomic mass is 16.6. The fourth-order valence-electron chi connectivity index (χ4n) is 4.32. The second kappa shape index (κ2) is 14.4. The maximum atomic E-state index is 12.1. The molecule has 224 valence electrons. The lowest BCUT2D eigenvalue weighted by atomic mass is 10.0. The molecule has 0 saturated heterocycles. The van der Waals surface area contributed by atoms with E-state index in [-0.39, 0.29) is 36.5 Å². The van der Waals surface area contributed by atoms with Crippen molar-refractivity contribution < 1.29 is 43.7 Å². The number of rotatable bonds is 5. The normalized spacial score (nSPS) is 17.9. The molecule has 13 heteroatoms. The molecule has 4 aliphatic rings. The van der Waals surface area contributed by atoms with E-state index < -0.39 is 24.5 Å². The summed E-state index contributed by atoms with van der Waals surface area (Å²) in [4.78, 5) is 72.5. The minimum absolute atomic E-state index is 0. The molecule has 0 aromatic carbocycles. The smallest absolute Gasteiger partial charge is 0.325 e. The van der Waals surface area contributed by atoms with Crippen LogP contribution in [0.2, 0.25) is 0 Å². The van der Waals surface area contributed by atoms with Gasteiger partial charge in [0.25, 0.3) is 11.8 Å². The number of aliphatic carboxylic acids is 1. The quantitative estimate of drug-likeness (QED) is 0.304. The summed E-state index contributed by atoms with van der Waals surface area (Å²) in [6.45, 7) is 4.81. The van der Waals surface area contributed by atoms with Crippen molar-refractivity contribution >= 4 is 41.8 Å². The Morgan fingerprint density at radius 3 is 1.93 bits per heavy atom. The van der Waals surface area contributed by atoms with Crippen LogP contribution < -0.4 is 0 Å². The molecule has 1 aromatic heterocycles. The fraction of sp³-hybridized carbons (Fsp3) is 0.536. The van der Waals surface area contributed by atoms with Gasteiger partial charge in [0, 0.05) is 71.0 Å². The van der Waals surface area contributed by atoms with E-state index in [9.17, 15) is 33.9 Å². The maximum Gasteiger partial charge on any atom is 0.325 e. The first-order valence-corrected chi connectivity index (χ1v) is 13.1. The second-order valence-electron chi connectivity index (χ2n) is 9.89. The third kappa shape index (κ3) is 9.40. The fourth-order valence-corrected chi connectivity index (χ4v) is 4.32. The second-order valence-corrected chi connectivity index (χ2v) is 9.89. The van der Waals surface area contributed by atoms with Crippen LogP contribution in [-0.2, 0) is 30.3 Å². The first-order chi connectivity index (χ1) is 18.9. The molecule has 2 amide bonds. The average molecular weight is 575 g/mol. The van der Waals surface area contributed by atoms with Gasteiger partial charge in [-0.25, -0.2) is 0 Å². The van der Waals surface area contributed by atoms with Gasteiger partial charge in [-0.3, -0.25) is 38.3 Å². The number of carbonyl (C=O) groups is 6. The lowest BCUT2D eigenvalue weighted by Gasteiger charge is -2.27. The SMILES string of the molecule is C.CC(=O)OC(C)=O.CC(=O)n1cc2c(c1)C(=O)N(C1CC1)CC2.O=C(O)CN=CC1=C(O)CCN(C2CC2)C1=O. The van der Waals surface area contributed by atoms with Crippen molar-refractivity contribution in [3.05, 3.63) is 34.9 Å². The number of hydrogen-bond donors (Lipinski definition) is 2. The van der Waals surface area contributed by atoms with Gasteiger partial charge in [0.15, 0.2) is 0 Å². The Labute approximate surface area is 238 Å². The third-order valence-corrected chi connectivity index (χ3v) is 6.49. The number of aliphatic hydroxyl groups excluding tert-OH is 1. The molecular weight excluding hydrogens is 536 g/mol. The van der Waals surface area contributed by atoms with Crippen LogP contribution in [0.5, 0.6) is 0 Å². The molecular formula is C28H38N4O9. The number of carboxylic acid groups (broad SMARTS) is 1. The molecule has 41 heavy (non-hydrogen) atoms. The number of aliphatic imine (C=N–C) groups is 1. The molecule has 2 N–H and O–H groups in total. The first kappa shape index (κ1) is 32.9. The summed E-state index contributed by atoms with van der Waals surface area (Å²) in [6, 6.07) is 0.750. The molecule has 0 spiro atoms. The Bertz CT molecular complexity index is 1240. The lowest BCUT2D eigenvalue weighted by molar-refractivity contribution is -0.156. The average Bonchev–Trinajstić information content (AvgIpc) is 3.79. The van der Waals surface area contributed by atoms with Crippen molar-refractivity contribution in [3.63, 3.8) is 0 Å². The Kier molecular flexibility index (Phi) is 11.5. The number of aromatic nitrogens is 1. The van der Waals surface area contributed by atoms with E-state index in [1.54, 1.807) is 17.3 Å².